The lowest BCUT2D eigenvalue weighted by atomic mass is 9.85. The first-order valence-electron chi connectivity index (χ1n) is 9.94. The first kappa shape index (κ1) is 17.3. The fourth-order valence-corrected chi connectivity index (χ4v) is 5.64. The third-order valence-corrected chi connectivity index (χ3v) is 7.10. The third-order valence-electron chi connectivity index (χ3n) is 7.10. The normalized spacial score (nSPS) is 30.1. The minimum absolute atomic E-state index is 0.0319. The number of nitrogens with zero attached hydrogens (tertiary/aromatic N) is 3. The fraction of sp³-hybridized carbons (Fsp3) is 0.318. The zero-order valence-corrected chi connectivity index (χ0v) is 15.8. The molecule has 4 atom stereocenters. The van der Waals surface area contributed by atoms with Gasteiger partial charge in [-0.1, -0.05) is 24.3 Å². The molecule has 3 aliphatic carbocycles. The van der Waals surface area contributed by atoms with E-state index < -0.39 is 4.92 Å². The van der Waals surface area contributed by atoms with Crippen molar-refractivity contribution in [3.8, 4) is 11.3 Å². The third kappa shape index (κ3) is 2.18. The molecule has 1 spiro atoms. The summed E-state index contributed by atoms with van der Waals surface area (Å²) in [7, 11) is 0. The molecule has 2 amide bonds. The molecule has 1 aromatic heterocycles. The maximum Gasteiger partial charge on any atom is 0.270 e. The Kier molecular flexibility index (Phi) is 3.32. The van der Waals surface area contributed by atoms with Crippen LogP contribution in [0, 0.1) is 39.2 Å². The van der Waals surface area contributed by atoms with Gasteiger partial charge in [-0.15, -0.1) is 0 Å². The van der Waals surface area contributed by atoms with E-state index in [2.05, 4.69) is 17.3 Å². The Hall–Kier alpha value is -3.55. The lowest BCUT2D eigenvalue weighted by molar-refractivity contribution is -0.384. The van der Waals surface area contributed by atoms with Crippen LogP contribution in [0.5, 0.6) is 0 Å². The number of nitro benzene ring substituents is 1. The van der Waals surface area contributed by atoms with Crippen LogP contribution in [0.15, 0.2) is 58.1 Å². The predicted octanol–water partition coefficient (Wildman–Crippen LogP) is 3.39. The van der Waals surface area contributed by atoms with Gasteiger partial charge in [-0.25, -0.2) is 0 Å². The van der Waals surface area contributed by atoms with Crippen molar-refractivity contribution in [2.45, 2.75) is 12.8 Å². The summed E-state index contributed by atoms with van der Waals surface area (Å²) in [6.07, 6.45) is 7.78. The Bertz CT molecular complexity index is 1140. The van der Waals surface area contributed by atoms with Crippen molar-refractivity contribution >= 4 is 23.7 Å². The molecule has 1 aromatic carbocycles. The quantitative estimate of drug-likeness (QED) is 0.256. The van der Waals surface area contributed by atoms with Crippen LogP contribution < -0.4 is 0 Å². The van der Waals surface area contributed by atoms with Crippen molar-refractivity contribution < 1.29 is 18.9 Å². The molecular formula is C22H17N3O5. The Balaban J connectivity index is 1.23. The van der Waals surface area contributed by atoms with Gasteiger partial charge in [0.1, 0.15) is 11.5 Å². The number of rotatable bonds is 4. The van der Waals surface area contributed by atoms with E-state index in [1.165, 1.54) is 18.3 Å². The van der Waals surface area contributed by atoms with Gasteiger partial charge < -0.3 is 4.42 Å². The van der Waals surface area contributed by atoms with Gasteiger partial charge >= 0.3 is 0 Å². The van der Waals surface area contributed by atoms with Gasteiger partial charge in [0, 0.05) is 17.7 Å². The Morgan fingerprint density at radius 3 is 2.43 bits per heavy atom. The average molecular weight is 403 g/mol. The van der Waals surface area contributed by atoms with E-state index in [0.717, 1.165) is 17.9 Å². The van der Waals surface area contributed by atoms with Crippen molar-refractivity contribution in [1.29, 1.82) is 0 Å². The maximum absolute atomic E-state index is 12.9. The van der Waals surface area contributed by atoms with Crippen molar-refractivity contribution in [2.24, 2.45) is 34.2 Å². The summed E-state index contributed by atoms with van der Waals surface area (Å²) >= 11 is 0. The van der Waals surface area contributed by atoms with Gasteiger partial charge in [0.15, 0.2) is 0 Å². The molecule has 2 aromatic rings. The first-order valence-corrected chi connectivity index (χ1v) is 9.94. The monoisotopic (exact) mass is 403 g/mol. The largest absolute Gasteiger partial charge is 0.455 e. The number of benzene rings is 1. The molecule has 3 fully saturated rings. The van der Waals surface area contributed by atoms with Gasteiger partial charge in [-0.05, 0) is 42.2 Å². The number of carbonyl (C=O) groups excluding carboxylic acids is 2. The van der Waals surface area contributed by atoms with Crippen LogP contribution in [0.3, 0.4) is 0 Å². The number of fused-ring (bicyclic) bond motifs is 3. The topological polar surface area (TPSA) is 106 Å². The fourth-order valence-electron chi connectivity index (χ4n) is 5.64. The summed E-state index contributed by atoms with van der Waals surface area (Å²) in [4.78, 5) is 36.3. The smallest absolute Gasteiger partial charge is 0.270 e. The number of hydrazone groups is 1. The van der Waals surface area contributed by atoms with Crippen LogP contribution in [0.2, 0.25) is 0 Å². The van der Waals surface area contributed by atoms with E-state index in [1.54, 1.807) is 24.3 Å². The number of nitro groups is 1. The zero-order chi connectivity index (χ0) is 20.6. The molecule has 0 radical (unpaired) electrons. The Labute approximate surface area is 171 Å². The second-order valence-corrected chi connectivity index (χ2v) is 8.46. The standard InChI is InChI=1S/C22H17N3O5/c26-20-18-15-5-6-16(22(15)8-9-22)19(18)21(27)24(20)23-11-14-4-7-17(30-14)12-2-1-3-13(10-12)25(28)29/h1-7,10-11,15-16,18-19H,8-9H2/b23-11-/t15-,16-,18-,19+/m0/s1. The molecule has 2 heterocycles. The molecule has 8 nitrogen and oxygen atoms in total. The highest BCUT2D eigenvalue weighted by Crippen LogP contribution is 2.73. The number of amides is 2. The van der Waals surface area contributed by atoms with E-state index in [1.807, 2.05) is 0 Å². The minimum Gasteiger partial charge on any atom is -0.455 e. The summed E-state index contributed by atoms with van der Waals surface area (Å²) in [5.74, 6) is 0.0856. The van der Waals surface area contributed by atoms with Crippen molar-refractivity contribution in [3.05, 3.63) is 64.4 Å². The molecule has 2 bridgehead atoms. The summed E-state index contributed by atoms with van der Waals surface area (Å²) < 4.78 is 5.69. The highest BCUT2D eigenvalue weighted by Gasteiger charge is 2.73. The molecule has 150 valence electrons. The molecule has 30 heavy (non-hydrogen) atoms. The van der Waals surface area contributed by atoms with Gasteiger partial charge in [0.05, 0.1) is 23.0 Å². The zero-order valence-electron chi connectivity index (χ0n) is 15.8. The molecule has 1 aliphatic heterocycles. The number of allylic oxidation sites excluding steroid dienone is 2. The van der Waals surface area contributed by atoms with Crippen LogP contribution in [-0.2, 0) is 9.59 Å². The van der Waals surface area contributed by atoms with Crippen molar-refractivity contribution in [1.82, 2.24) is 5.01 Å². The lowest BCUT2D eigenvalue weighted by Gasteiger charge is -2.18. The number of carbonyl (C=O) groups is 2. The van der Waals surface area contributed by atoms with E-state index in [0.29, 0.717) is 17.1 Å². The second-order valence-electron chi connectivity index (χ2n) is 8.46. The predicted molar refractivity (Wildman–Crippen MR) is 105 cm³/mol. The Morgan fingerprint density at radius 2 is 1.80 bits per heavy atom. The Morgan fingerprint density at radius 1 is 1.10 bits per heavy atom. The van der Waals surface area contributed by atoms with Gasteiger partial charge in [-0.3, -0.25) is 19.7 Å². The van der Waals surface area contributed by atoms with Crippen LogP contribution in [0.1, 0.15) is 18.6 Å². The summed E-state index contributed by atoms with van der Waals surface area (Å²) in [6, 6.07) is 9.43. The van der Waals surface area contributed by atoms with Gasteiger partial charge in [-0.2, -0.15) is 10.1 Å². The lowest BCUT2D eigenvalue weighted by Crippen LogP contribution is -2.30. The minimum atomic E-state index is -0.468. The molecule has 2 saturated carbocycles. The summed E-state index contributed by atoms with van der Waals surface area (Å²) in [6.45, 7) is 0. The van der Waals surface area contributed by atoms with Crippen LogP contribution in [0.25, 0.3) is 11.3 Å². The molecule has 1 saturated heterocycles. The molecule has 0 N–H and O–H groups in total. The van der Waals surface area contributed by atoms with Crippen molar-refractivity contribution in [2.75, 3.05) is 0 Å². The van der Waals surface area contributed by atoms with Crippen molar-refractivity contribution in [3.63, 3.8) is 0 Å². The summed E-state index contributed by atoms with van der Waals surface area (Å²) in [5, 5.41) is 16.1. The molecule has 6 rings (SSSR count). The van der Waals surface area contributed by atoms with Crippen LogP contribution in [0.4, 0.5) is 5.69 Å². The van der Waals surface area contributed by atoms with Gasteiger partial charge in [0.2, 0.25) is 0 Å². The molecule has 0 unspecified atom stereocenters. The van der Waals surface area contributed by atoms with E-state index in [9.17, 15) is 19.7 Å². The highest BCUT2D eigenvalue weighted by molar-refractivity contribution is 6.07. The van der Waals surface area contributed by atoms with E-state index in [-0.39, 0.29) is 46.6 Å². The van der Waals surface area contributed by atoms with E-state index >= 15 is 0 Å². The van der Waals surface area contributed by atoms with E-state index in [4.69, 9.17) is 4.42 Å². The number of non-ortho nitro benzene ring substituents is 1. The molecule has 4 aliphatic rings. The average Bonchev–Trinajstić information content (AvgIpc) is 3.03. The first-order chi connectivity index (χ1) is 14.5. The highest BCUT2D eigenvalue weighted by atomic mass is 16.6. The van der Waals surface area contributed by atoms with Crippen LogP contribution >= 0.6 is 0 Å². The number of furan rings is 1. The number of hydrogen-bond acceptors (Lipinski definition) is 6. The molecule has 8 heteroatoms. The number of hydrogen-bond donors (Lipinski definition) is 0. The maximum atomic E-state index is 12.9. The number of imide groups is 1. The summed E-state index contributed by atoms with van der Waals surface area (Å²) in [5.41, 5.74) is 0.685. The second kappa shape index (κ2) is 5.75. The SMILES string of the molecule is O=C1[C@@H]2[C@H](C(=O)N1/N=C\c1ccc(-c3cccc([N+](=O)[O-])c3)o1)[C@@H]1C=C[C@@H]2C12CC2. The van der Waals surface area contributed by atoms with Crippen LogP contribution in [-0.4, -0.2) is 28.0 Å². The van der Waals surface area contributed by atoms with Gasteiger partial charge in [0.25, 0.3) is 17.5 Å². The molecular weight excluding hydrogens is 386 g/mol.